The number of nitrogens with zero attached hydrogens (tertiary/aromatic N) is 4. The monoisotopic (exact) mass is 494 g/mol. The molecule has 0 radical (unpaired) electrons. The molecule has 0 spiro atoms. The van der Waals surface area contributed by atoms with Crippen LogP contribution in [0.1, 0.15) is 41.9 Å². The molecule has 0 atom stereocenters. The molecule has 1 aromatic heterocycles. The van der Waals surface area contributed by atoms with Crippen LogP contribution in [0.4, 0.5) is 5.69 Å². The molecule has 2 aliphatic rings. The van der Waals surface area contributed by atoms with E-state index in [0.717, 1.165) is 51.0 Å². The number of carbonyl (C=O) groups excluding carboxylic acids is 2. The minimum Gasteiger partial charge on any atom is -0.387 e. The first kappa shape index (κ1) is 24.3. The largest absolute Gasteiger partial charge is 0.387 e. The van der Waals surface area contributed by atoms with Gasteiger partial charge in [-0.25, -0.2) is 0 Å². The van der Waals surface area contributed by atoms with Gasteiger partial charge in [0.25, 0.3) is 5.91 Å². The summed E-state index contributed by atoms with van der Waals surface area (Å²) in [6.07, 6.45) is 2.85. The second-order valence-corrected chi connectivity index (χ2v) is 9.89. The van der Waals surface area contributed by atoms with Crippen LogP contribution in [0.25, 0.3) is 27.6 Å². The highest BCUT2D eigenvalue weighted by Gasteiger charge is 2.32. The van der Waals surface area contributed by atoms with E-state index in [1.807, 2.05) is 49.1 Å². The van der Waals surface area contributed by atoms with Crippen molar-refractivity contribution in [3.8, 4) is 17.2 Å². The molecule has 2 amide bonds. The second kappa shape index (κ2) is 9.58. The molecule has 8 nitrogen and oxygen atoms in total. The zero-order chi connectivity index (χ0) is 26.3. The van der Waals surface area contributed by atoms with E-state index in [4.69, 9.17) is 0 Å². The van der Waals surface area contributed by atoms with Crippen molar-refractivity contribution in [1.29, 1.82) is 5.26 Å². The Bertz CT molecular complexity index is 1510. The lowest BCUT2D eigenvalue weighted by Crippen LogP contribution is -2.37. The van der Waals surface area contributed by atoms with Gasteiger partial charge in [0.05, 0.1) is 29.4 Å². The van der Waals surface area contributed by atoms with E-state index in [9.17, 15) is 14.9 Å². The number of H-pyrrole nitrogens is 1. The van der Waals surface area contributed by atoms with Crippen LogP contribution in [0.3, 0.4) is 0 Å². The van der Waals surface area contributed by atoms with Gasteiger partial charge in [-0.3, -0.25) is 14.7 Å². The molecule has 3 heterocycles. The van der Waals surface area contributed by atoms with E-state index in [2.05, 4.69) is 34.2 Å². The number of amides is 2. The fraction of sp³-hybridized carbons (Fsp3) is 0.310. The Hall–Kier alpha value is -4.38. The summed E-state index contributed by atoms with van der Waals surface area (Å²) in [4.78, 5) is 29.2. The second-order valence-electron chi connectivity index (χ2n) is 9.89. The summed E-state index contributed by atoms with van der Waals surface area (Å²) in [6, 6.07) is 12.2. The Morgan fingerprint density at radius 2 is 2.11 bits per heavy atom. The van der Waals surface area contributed by atoms with Gasteiger partial charge in [-0.15, -0.1) is 0 Å². The predicted octanol–water partition coefficient (Wildman–Crippen LogP) is 4.58. The van der Waals surface area contributed by atoms with Crippen molar-refractivity contribution in [3.05, 3.63) is 65.4 Å². The van der Waals surface area contributed by atoms with Crippen LogP contribution in [0.5, 0.6) is 0 Å². The first-order chi connectivity index (χ1) is 17.8. The Morgan fingerprint density at radius 1 is 1.30 bits per heavy atom. The maximum atomic E-state index is 13.2. The normalized spacial score (nSPS) is 15.1. The van der Waals surface area contributed by atoms with E-state index in [-0.39, 0.29) is 24.3 Å². The van der Waals surface area contributed by atoms with Crippen LogP contribution in [0.2, 0.25) is 0 Å². The molecule has 188 valence electrons. The van der Waals surface area contributed by atoms with Crippen molar-refractivity contribution in [2.75, 3.05) is 32.0 Å². The average Bonchev–Trinajstić information content (AvgIpc) is 3.48. The number of aromatic nitrogens is 2. The molecule has 2 aliphatic heterocycles. The van der Waals surface area contributed by atoms with Crippen LogP contribution < -0.4 is 5.32 Å². The van der Waals surface area contributed by atoms with Gasteiger partial charge in [0.2, 0.25) is 5.91 Å². The average molecular weight is 495 g/mol. The molecular weight excluding hydrogens is 464 g/mol. The van der Waals surface area contributed by atoms with Crippen molar-refractivity contribution >= 4 is 34.0 Å². The highest BCUT2D eigenvalue weighted by atomic mass is 16.2. The number of nitriles is 1. The van der Waals surface area contributed by atoms with Crippen LogP contribution in [-0.2, 0) is 11.3 Å². The molecule has 0 saturated heterocycles. The van der Waals surface area contributed by atoms with Gasteiger partial charge in [-0.2, -0.15) is 10.4 Å². The van der Waals surface area contributed by atoms with Crippen LogP contribution in [0, 0.1) is 17.2 Å². The fourth-order valence-electron chi connectivity index (χ4n) is 5.23. The summed E-state index contributed by atoms with van der Waals surface area (Å²) < 4.78 is 0. The molecule has 5 rings (SSSR count). The smallest absolute Gasteiger partial charge is 0.256 e. The lowest BCUT2D eigenvalue weighted by atomic mass is 9.93. The predicted molar refractivity (Wildman–Crippen MR) is 145 cm³/mol. The van der Waals surface area contributed by atoms with E-state index in [1.165, 1.54) is 0 Å². The topological polar surface area (TPSA) is 105 Å². The van der Waals surface area contributed by atoms with E-state index in [1.54, 1.807) is 11.9 Å². The Balaban J connectivity index is 1.52. The molecule has 0 saturated carbocycles. The summed E-state index contributed by atoms with van der Waals surface area (Å²) in [7, 11) is 1.80. The van der Waals surface area contributed by atoms with Gasteiger partial charge < -0.3 is 15.1 Å². The number of fused-ring (bicyclic) bond motifs is 2. The van der Waals surface area contributed by atoms with Gasteiger partial charge in [-0.05, 0) is 46.9 Å². The quantitative estimate of drug-likeness (QED) is 0.488. The zero-order valence-electron chi connectivity index (χ0n) is 21.4. The van der Waals surface area contributed by atoms with E-state index in [0.29, 0.717) is 30.8 Å². The highest BCUT2D eigenvalue weighted by molar-refractivity contribution is 6.06. The summed E-state index contributed by atoms with van der Waals surface area (Å²) in [5.41, 5.74) is 7.65. The standard InChI is InChI=1S/C29H30N6O2/c1-17(2)28(36)34-11-9-19(10-12-34)27-22-13-20(5-7-24(22)32-33-27)21-6-8-25(31-4)26-23(21)16-35(29(26)37)15-18(3)14-30/h5-9,13,17,31H,3,10-12,15-16H2,1-2,4H3,(H,32,33). The van der Waals surface area contributed by atoms with Gasteiger partial charge in [0, 0.05) is 49.2 Å². The lowest BCUT2D eigenvalue weighted by Gasteiger charge is -2.27. The number of nitrogens with one attached hydrogen (secondary N) is 2. The van der Waals surface area contributed by atoms with Gasteiger partial charge in [-0.1, -0.05) is 38.6 Å². The fourth-order valence-corrected chi connectivity index (χ4v) is 5.23. The molecule has 0 bridgehead atoms. The Morgan fingerprint density at radius 3 is 2.78 bits per heavy atom. The van der Waals surface area contributed by atoms with Gasteiger partial charge in [0.1, 0.15) is 0 Å². The van der Waals surface area contributed by atoms with Crippen molar-refractivity contribution in [1.82, 2.24) is 20.0 Å². The summed E-state index contributed by atoms with van der Waals surface area (Å²) in [6.45, 7) is 9.51. The third-order valence-electron chi connectivity index (χ3n) is 7.16. The number of benzene rings is 2. The number of rotatable bonds is 6. The van der Waals surface area contributed by atoms with E-state index < -0.39 is 0 Å². The number of anilines is 1. The van der Waals surface area contributed by atoms with Crippen LogP contribution in [-0.4, -0.2) is 58.5 Å². The summed E-state index contributed by atoms with van der Waals surface area (Å²) in [5, 5.41) is 21.1. The third kappa shape index (κ3) is 4.27. The lowest BCUT2D eigenvalue weighted by molar-refractivity contribution is -0.134. The summed E-state index contributed by atoms with van der Waals surface area (Å²) >= 11 is 0. The zero-order valence-corrected chi connectivity index (χ0v) is 21.4. The van der Waals surface area contributed by atoms with Gasteiger partial charge in [0.15, 0.2) is 0 Å². The molecule has 37 heavy (non-hydrogen) atoms. The molecule has 0 fully saturated rings. The first-order valence-corrected chi connectivity index (χ1v) is 12.5. The Labute approximate surface area is 216 Å². The van der Waals surface area contributed by atoms with Crippen molar-refractivity contribution < 1.29 is 9.59 Å². The van der Waals surface area contributed by atoms with Gasteiger partial charge >= 0.3 is 0 Å². The molecular formula is C29H30N6O2. The third-order valence-corrected chi connectivity index (χ3v) is 7.16. The molecule has 2 N–H and O–H groups in total. The SMILES string of the molecule is C=C(C#N)CN1Cc2c(-c3ccc4[nH]nc(C5=CCN(C(=O)C(C)C)CC5)c4c3)ccc(NC)c2C1=O. The van der Waals surface area contributed by atoms with Crippen molar-refractivity contribution in [2.45, 2.75) is 26.8 Å². The number of hydrogen-bond donors (Lipinski definition) is 2. The maximum Gasteiger partial charge on any atom is 0.256 e. The Kier molecular flexibility index (Phi) is 6.30. The summed E-state index contributed by atoms with van der Waals surface area (Å²) in [5.74, 6) is 0.0568. The number of carbonyl (C=O) groups is 2. The van der Waals surface area contributed by atoms with Crippen LogP contribution in [0.15, 0.2) is 48.6 Å². The van der Waals surface area contributed by atoms with E-state index >= 15 is 0 Å². The first-order valence-electron chi connectivity index (χ1n) is 12.5. The molecule has 8 heteroatoms. The maximum absolute atomic E-state index is 13.2. The minimum absolute atomic E-state index is 0.0134. The molecule has 2 aromatic carbocycles. The molecule has 0 unspecified atom stereocenters. The minimum atomic E-state index is -0.101. The van der Waals surface area contributed by atoms with Crippen LogP contribution >= 0.6 is 0 Å². The number of aromatic amines is 1. The van der Waals surface area contributed by atoms with Crippen molar-refractivity contribution in [2.24, 2.45) is 5.92 Å². The highest BCUT2D eigenvalue weighted by Crippen LogP contribution is 2.39. The van der Waals surface area contributed by atoms with Crippen molar-refractivity contribution in [3.63, 3.8) is 0 Å². The number of hydrogen-bond acceptors (Lipinski definition) is 5. The molecule has 3 aromatic rings. The molecule has 0 aliphatic carbocycles.